The second-order valence-electron chi connectivity index (χ2n) is 5.86. The summed E-state index contributed by atoms with van der Waals surface area (Å²) < 4.78 is 35.0. The number of rotatable bonds is 5. The van der Waals surface area contributed by atoms with Crippen LogP contribution in [0.25, 0.3) is 0 Å². The lowest BCUT2D eigenvalue weighted by Crippen LogP contribution is -2.25. The number of ether oxygens (including phenoxy) is 2. The lowest BCUT2D eigenvalue weighted by atomic mass is 10.2. The molecule has 0 aliphatic carbocycles. The monoisotopic (exact) mass is 384 g/mol. The summed E-state index contributed by atoms with van der Waals surface area (Å²) in [6, 6.07) is 12.8. The fourth-order valence-corrected chi connectivity index (χ4v) is 2.63. The van der Waals surface area contributed by atoms with Gasteiger partial charge in [-0.05, 0) is 36.4 Å². The molecule has 0 radical (unpaired) electrons. The zero-order valence-corrected chi connectivity index (χ0v) is 14.4. The molecule has 2 aromatic heterocycles. The predicted molar refractivity (Wildman–Crippen MR) is 96.4 cm³/mol. The maximum atomic E-state index is 13.1. The van der Waals surface area contributed by atoms with E-state index in [0.717, 1.165) is 5.69 Å². The number of carbonyl (C=O) groups excluding carboxylic acids is 1. The summed E-state index contributed by atoms with van der Waals surface area (Å²) >= 11 is 0. The van der Waals surface area contributed by atoms with E-state index in [1.54, 1.807) is 24.5 Å². The van der Waals surface area contributed by atoms with E-state index >= 15 is 0 Å². The molecule has 0 fully saturated rings. The molecule has 7 nitrogen and oxygen atoms in total. The third-order valence-electron chi connectivity index (χ3n) is 3.87. The number of hydrogen-bond acceptors (Lipinski definition) is 6. The Kier molecular flexibility index (Phi) is 4.48. The molecular formula is C19H14F2N4O3. The van der Waals surface area contributed by atoms with Crippen molar-refractivity contribution in [2.45, 2.75) is 12.8 Å². The molecule has 0 saturated carbocycles. The minimum Gasteiger partial charge on any atom is -0.395 e. The van der Waals surface area contributed by atoms with Crippen molar-refractivity contribution in [3.8, 4) is 11.5 Å². The van der Waals surface area contributed by atoms with Crippen LogP contribution in [0.15, 0.2) is 60.9 Å². The van der Waals surface area contributed by atoms with Crippen molar-refractivity contribution in [1.82, 2.24) is 9.97 Å². The second-order valence-corrected chi connectivity index (χ2v) is 5.86. The molecule has 0 spiro atoms. The molecule has 1 aliphatic heterocycles. The molecule has 0 bridgehead atoms. The van der Waals surface area contributed by atoms with Crippen LogP contribution in [0.2, 0.25) is 0 Å². The summed E-state index contributed by atoms with van der Waals surface area (Å²) in [5.74, 6) is -0.329. The van der Waals surface area contributed by atoms with Crippen LogP contribution in [0.3, 0.4) is 0 Å². The van der Waals surface area contributed by atoms with Crippen LogP contribution in [0, 0.1) is 0 Å². The molecule has 0 atom stereocenters. The number of anilines is 2. The highest BCUT2D eigenvalue weighted by Crippen LogP contribution is 2.42. The van der Waals surface area contributed by atoms with Gasteiger partial charge in [0, 0.05) is 24.1 Å². The van der Waals surface area contributed by atoms with Gasteiger partial charge in [0.2, 0.25) is 0 Å². The van der Waals surface area contributed by atoms with Crippen molar-refractivity contribution in [2.75, 3.05) is 10.6 Å². The quantitative estimate of drug-likeness (QED) is 0.698. The molecule has 0 unspecified atom stereocenters. The summed E-state index contributed by atoms with van der Waals surface area (Å²) in [6.07, 6.45) is -0.483. The first-order valence-electron chi connectivity index (χ1n) is 8.30. The number of pyridine rings is 2. The molecule has 1 aromatic carbocycles. The van der Waals surface area contributed by atoms with Gasteiger partial charge in [0.1, 0.15) is 5.82 Å². The smallest absolute Gasteiger partial charge is 0.395 e. The van der Waals surface area contributed by atoms with Gasteiger partial charge in [-0.2, -0.15) is 0 Å². The molecule has 9 heteroatoms. The first-order chi connectivity index (χ1) is 13.5. The molecule has 0 saturated heterocycles. The molecule has 3 aromatic rings. The summed E-state index contributed by atoms with van der Waals surface area (Å²) in [7, 11) is 0. The van der Waals surface area contributed by atoms with E-state index in [1.807, 2.05) is 18.2 Å². The minimum atomic E-state index is -3.71. The van der Waals surface area contributed by atoms with Crippen LogP contribution in [-0.2, 0) is 6.54 Å². The van der Waals surface area contributed by atoms with E-state index in [-0.39, 0.29) is 17.2 Å². The van der Waals surface area contributed by atoms with E-state index in [1.165, 1.54) is 18.2 Å². The number of alkyl halides is 2. The Hall–Kier alpha value is -3.75. The van der Waals surface area contributed by atoms with Crippen molar-refractivity contribution in [1.29, 1.82) is 0 Å². The Morgan fingerprint density at radius 1 is 1.00 bits per heavy atom. The molecule has 28 heavy (non-hydrogen) atoms. The SMILES string of the molecule is O=C(Nc1ccc2c(c1)OC(F)(F)O2)c1cccnc1NCc1ccccn1. The molecule has 142 valence electrons. The van der Waals surface area contributed by atoms with Crippen molar-refractivity contribution >= 4 is 17.4 Å². The van der Waals surface area contributed by atoms with E-state index < -0.39 is 12.2 Å². The fraction of sp³-hybridized carbons (Fsp3) is 0.105. The van der Waals surface area contributed by atoms with Gasteiger partial charge in [-0.3, -0.25) is 9.78 Å². The standard InChI is InChI=1S/C19H14F2N4O3/c20-19(21)27-15-7-6-12(10-16(15)28-19)25-18(26)14-5-3-9-23-17(14)24-11-13-4-1-2-8-22-13/h1-10H,11H2,(H,23,24)(H,25,26). The Labute approximate surface area is 158 Å². The summed E-state index contributed by atoms with van der Waals surface area (Å²) in [6.45, 7) is 0.386. The van der Waals surface area contributed by atoms with Gasteiger partial charge in [0.05, 0.1) is 17.8 Å². The number of nitrogens with zero attached hydrogens (tertiary/aromatic N) is 2. The van der Waals surface area contributed by atoms with Gasteiger partial charge in [0.25, 0.3) is 5.91 Å². The van der Waals surface area contributed by atoms with Crippen molar-refractivity contribution in [2.24, 2.45) is 0 Å². The maximum Gasteiger partial charge on any atom is 0.586 e. The third kappa shape index (κ3) is 3.83. The lowest BCUT2D eigenvalue weighted by molar-refractivity contribution is -0.286. The Bertz CT molecular complexity index is 1020. The molecule has 1 amide bonds. The summed E-state index contributed by atoms with van der Waals surface area (Å²) in [5.41, 5.74) is 1.36. The van der Waals surface area contributed by atoms with Crippen molar-refractivity contribution in [3.63, 3.8) is 0 Å². The highest BCUT2D eigenvalue weighted by atomic mass is 19.3. The fourth-order valence-electron chi connectivity index (χ4n) is 2.63. The van der Waals surface area contributed by atoms with Crippen LogP contribution in [0.4, 0.5) is 20.3 Å². The first kappa shape index (κ1) is 17.7. The van der Waals surface area contributed by atoms with Crippen LogP contribution in [0.5, 0.6) is 11.5 Å². The zero-order valence-electron chi connectivity index (χ0n) is 14.4. The number of hydrogen-bond donors (Lipinski definition) is 2. The number of nitrogens with one attached hydrogen (secondary N) is 2. The molecular weight excluding hydrogens is 370 g/mol. The molecule has 3 heterocycles. The van der Waals surface area contributed by atoms with E-state index in [2.05, 4.69) is 30.1 Å². The Balaban J connectivity index is 1.49. The van der Waals surface area contributed by atoms with Gasteiger partial charge >= 0.3 is 6.29 Å². The first-order valence-corrected chi connectivity index (χ1v) is 8.30. The normalized spacial score (nSPS) is 13.8. The predicted octanol–water partition coefficient (Wildman–Crippen LogP) is 3.66. The van der Waals surface area contributed by atoms with Crippen LogP contribution < -0.4 is 20.1 Å². The van der Waals surface area contributed by atoms with Gasteiger partial charge in [-0.25, -0.2) is 4.98 Å². The average molecular weight is 384 g/mol. The topological polar surface area (TPSA) is 85.4 Å². The molecule has 2 N–H and O–H groups in total. The Morgan fingerprint density at radius 3 is 2.64 bits per heavy atom. The maximum absolute atomic E-state index is 13.1. The number of fused-ring (bicyclic) bond motifs is 1. The number of amides is 1. The number of benzene rings is 1. The number of carbonyl (C=O) groups is 1. The van der Waals surface area contributed by atoms with Crippen molar-refractivity contribution < 1.29 is 23.0 Å². The Morgan fingerprint density at radius 2 is 1.82 bits per heavy atom. The van der Waals surface area contributed by atoms with Crippen molar-refractivity contribution in [3.05, 3.63) is 72.2 Å². The zero-order chi connectivity index (χ0) is 19.6. The minimum absolute atomic E-state index is 0.0953. The van der Waals surface area contributed by atoms with E-state index in [9.17, 15) is 13.6 Å². The number of aromatic nitrogens is 2. The highest BCUT2D eigenvalue weighted by molar-refractivity contribution is 6.07. The van der Waals surface area contributed by atoms with E-state index in [4.69, 9.17) is 0 Å². The second kappa shape index (κ2) is 7.10. The highest BCUT2D eigenvalue weighted by Gasteiger charge is 2.43. The van der Waals surface area contributed by atoms with Gasteiger partial charge in [0.15, 0.2) is 11.5 Å². The third-order valence-corrected chi connectivity index (χ3v) is 3.87. The van der Waals surface area contributed by atoms with Crippen LogP contribution in [0.1, 0.15) is 16.1 Å². The van der Waals surface area contributed by atoms with E-state index in [0.29, 0.717) is 17.9 Å². The molecule has 1 aliphatic rings. The number of halogens is 2. The molecule has 4 rings (SSSR count). The lowest BCUT2D eigenvalue weighted by Gasteiger charge is -2.11. The average Bonchev–Trinajstić information content (AvgIpc) is 3.00. The van der Waals surface area contributed by atoms with Gasteiger partial charge in [-0.15, -0.1) is 8.78 Å². The van der Waals surface area contributed by atoms with Gasteiger partial charge < -0.3 is 20.1 Å². The van der Waals surface area contributed by atoms with Crippen LogP contribution in [-0.4, -0.2) is 22.2 Å². The largest absolute Gasteiger partial charge is 0.586 e. The summed E-state index contributed by atoms with van der Waals surface area (Å²) in [5, 5.41) is 5.71. The van der Waals surface area contributed by atoms with Crippen LogP contribution >= 0.6 is 0 Å². The van der Waals surface area contributed by atoms with Gasteiger partial charge in [-0.1, -0.05) is 6.07 Å². The summed E-state index contributed by atoms with van der Waals surface area (Å²) in [4.78, 5) is 21.0.